The van der Waals surface area contributed by atoms with Crippen LogP contribution in [0.5, 0.6) is 0 Å². The van der Waals surface area contributed by atoms with Crippen LogP contribution in [0.1, 0.15) is 107 Å². The molecule has 0 aromatic carbocycles. The second-order valence-corrected chi connectivity index (χ2v) is 15.0. The van der Waals surface area contributed by atoms with Crippen LogP contribution in [-0.4, -0.2) is 28.9 Å². The first-order valence-electron chi connectivity index (χ1n) is 14.7. The summed E-state index contributed by atoms with van der Waals surface area (Å²) in [4.78, 5) is 39.1. The van der Waals surface area contributed by atoms with Crippen LogP contribution >= 0.6 is 0 Å². The first kappa shape index (κ1) is 26.9. The molecule has 0 heterocycles. The molecule has 37 heavy (non-hydrogen) atoms. The Bertz CT molecular complexity index is 1060. The molecule has 0 aromatic heterocycles. The van der Waals surface area contributed by atoms with E-state index in [1.165, 1.54) is 31.8 Å². The standard InChI is InChI=1S/C32H48O5/c1-18-9-12-28(4)15-16-30(6)21(25(28)19(18)2)17-22(34)26-29(5)13-11-24(37-20(3)33)32(8,27(35)36)23(29)10-14-31(26,30)7/h17-19,23-26H,9-16H2,1-8H3,(H,35,36)/t18-,19+,23-,24-,25+,26+,28-,29+,30-,31-,32-/m1/s1. The molecule has 0 spiro atoms. The maximum Gasteiger partial charge on any atom is 0.313 e. The van der Waals surface area contributed by atoms with Crippen molar-refractivity contribution >= 4 is 17.7 Å². The van der Waals surface area contributed by atoms with E-state index in [-0.39, 0.29) is 33.9 Å². The Balaban J connectivity index is 1.62. The van der Waals surface area contributed by atoms with Crippen LogP contribution in [0.3, 0.4) is 0 Å². The monoisotopic (exact) mass is 512 g/mol. The smallest absolute Gasteiger partial charge is 0.313 e. The van der Waals surface area contributed by atoms with Crippen molar-refractivity contribution < 1.29 is 24.2 Å². The van der Waals surface area contributed by atoms with Gasteiger partial charge in [0, 0.05) is 12.8 Å². The number of aliphatic carboxylic acids is 1. The molecule has 5 nitrogen and oxygen atoms in total. The van der Waals surface area contributed by atoms with Gasteiger partial charge in [-0.2, -0.15) is 0 Å². The molecule has 0 amide bonds. The van der Waals surface area contributed by atoms with E-state index in [1.54, 1.807) is 6.92 Å². The van der Waals surface area contributed by atoms with Crippen molar-refractivity contribution in [3.63, 3.8) is 0 Å². The number of hydrogen-bond acceptors (Lipinski definition) is 4. The Hall–Kier alpha value is -1.65. The summed E-state index contributed by atoms with van der Waals surface area (Å²) in [5.74, 6) is 0.0756. The van der Waals surface area contributed by atoms with Crippen molar-refractivity contribution in [2.24, 2.45) is 56.7 Å². The summed E-state index contributed by atoms with van der Waals surface area (Å²) in [6.07, 6.45) is 8.96. The summed E-state index contributed by atoms with van der Waals surface area (Å²) < 4.78 is 5.63. The fourth-order valence-electron chi connectivity index (χ4n) is 11.0. The Morgan fingerprint density at radius 3 is 2.24 bits per heavy atom. The van der Waals surface area contributed by atoms with Gasteiger partial charge < -0.3 is 9.84 Å². The van der Waals surface area contributed by atoms with Crippen LogP contribution in [0.4, 0.5) is 0 Å². The molecular weight excluding hydrogens is 464 g/mol. The Kier molecular flexibility index (Phi) is 5.95. The number of carboxylic acids is 1. The molecule has 0 bridgehead atoms. The average molecular weight is 513 g/mol. The van der Waals surface area contributed by atoms with Crippen LogP contribution in [0.25, 0.3) is 0 Å². The molecule has 1 N–H and O–H groups in total. The zero-order chi connectivity index (χ0) is 27.3. The number of ether oxygens (including phenoxy) is 1. The van der Waals surface area contributed by atoms with Gasteiger partial charge in [0.1, 0.15) is 11.5 Å². The Morgan fingerprint density at radius 1 is 0.946 bits per heavy atom. The SMILES string of the molecule is CC(=O)O[C@@H]1CC[C@@]2(C)[C@@H](CC[C@]3(C)[C@H]2C(=O)C=C2[C@@H]4[C@@H](C)[C@H](C)CC[C@]4(C)CC[C@]23C)[C@@]1(C)C(=O)O. The Labute approximate surface area is 223 Å². The lowest BCUT2D eigenvalue weighted by molar-refractivity contribution is -0.220. The topological polar surface area (TPSA) is 80.7 Å². The first-order valence-corrected chi connectivity index (χ1v) is 14.7. The number of allylic oxidation sites excluding steroid dienone is 2. The molecule has 5 rings (SSSR count). The average Bonchev–Trinajstić information content (AvgIpc) is 2.79. The van der Waals surface area contributed by atoms with Crippen molar-refractivity contribution in [2.45, 2.75) is 113 Å². The minimum Gasteiger partial charge on any atom is -0.481 e. The van der Waals surface area contributed by atoms with Gasteiger partial charge >= 0.3 is 11.9 Å². The summed E-state index contributed by atoms with van der Waals surface area (Å²) in [5.41, 5.74) is -0.280. The number of rotatable bonds is 2. The molecular formula is C32H48O5. The second kappa shape index (κ2) is 8.18. The van der Waals surface area contributed by atoms with E-state index in [1.807, 2.05) is 0 Å². The van der Waals surface area contributed by atoms with Crippen LogP contribution in [-0.2, 0) is 19.1 Å². The summed E-state index contributed by atoms with van der Waals surface area (Å²) >= 11 is 0. The van der Waals surface area contributed by atoms with Crippen molar-refractivity contribution in [2.75, 3.05) is 0 Å². The first-order chi connectivity index (χ1) is 17.1. The highest BCUT2D eigenvalue weighted by Gasteiger charge is 2.72. The number of carboxylic acid groups (broad SMARTS) is 1. The number of esters is 1. The van der Waals surface area contributed by atoms with Gasteiger partial charge in [0.25, 0.3) is 0 Å². The van der Waals surface area contributed by atoms with Crippen LogP contribution in [0.15, 0.2) is 11.6 Å². The zero-order valence-electron chi connectivity index (χ0n) is 24.3. The van der Waals surface area contributed by atoms with Gasteiger partial charge in [-0.1, -0.05) is 47.1 Å². The third-order valence-corrected chi connectivity index (χ3v) is 13.5. The van der Waals surface area contributed by atoms with E-state index >= 15 is 0 Å². The quantitative estimate of drug-likeness (QED) is 0.410. The molecule has 206 valence electrons. The molecule has 5 aliphatic rings. The predicted octanol–water partition coefficient (Wildman–Crippen LogP) is 6.84. The van der Waals surface area contributed by atoms with Gasteiger partial charge in [0.2, 0.25) is 0 Å². The lowest BCUT2D eigenvalue weighted by atomic mass is 9.33. The van der Waals surface area contributed by atoms with E-state index in [0.717, 1.165) is 19.3 Å². The predicted molar refractivity (Wildman–Crippen MR) is 143 cm³/mol. The van der Waals surface area contributed by atoms with Crippen molar-refractivity contribution in [1.29, 1.82) is 0 Å². The number of ketones is 1. The van der Waals surface area contributed by atoms with Gasteiger partial charge in [0.05, 0.1) is 0 Å². The van der Waals surface area contributed by atoms with E-state index in [2.05, 4.69) is 47.6 Å². The number of carbonyl (C=O) groups excluding carboxylic acids is 2. The van der Waals surface area contributed by atoms with Gasteiger partial charge in [0.15, 0.2) is 5.78 Å². The summed E-state index contributed by atoms with van der Waals surface area (Å²) in [5, 5.41) is 10.5. The lowest BCUT2D eigenvalue weighted by Gasteiger charge is -2.70. The zero-order valence-corrected chi connectivity index (χ0v) is 24.3. The van der Waals surface area contributed by atoms with Crippen LogP contribution in [0.2, 0.25) is 0 Å². The van der Waals surface area contributed by atoms with Crippen LogP contribution in [0, 0.1) is 56.7 Å². The molecule has 5 heteroatoms. The summed E-state index contributed by atoms with van der Waals surface area (Å²) in [6, 6.07) is 0. The molecule has 0 unspecified atom stereocenters. The fourth-order valence-corrected chi connectivity index (χ4v) is 11.0. The fraction of sp³-hybridized carbons (Fsp3) is 0.844. The van der Waals surface area contributed by atoms with E-state index in [9.17, 15) is 19.5 Å². The molecule has 4 saturated carbocycles. The van der Waals surface area contributed by atoms with Gasteiger partial charge in [-0.3, -0.25) is 14.4 Å². The molecule has 0 saturated heterocycles. The molecule has 0 aliphatic heterocycles. The summed E-state index contributed by atoms with van der Waals surface area (Å²) in [6.45, 7) is 17.4. The summed E-state index contributed by atoms with van der Waals surface area (Å²) in [7, 11) is 0. The van der Waals surface area contributed by atoms with Gasteiger partial charge in [-0.05, 0) is 110 Å². The molecule has 0 radical (unpaired) electrons. The maximum absolute atomic E-state index is 14.4. The number of fused-ring (bicyclic) bond motifs is 7. The third kappa shape index (κ3) is 3.30. The lowest BCUT2D eigenvalue weighted by Crippen LogP contribution is -2.68. The van der Waals surface area contributed by atoms with Crippen molar-refractivity contribution in [3.05, 3.63) is 11.6 Å². The molecule has 4 fully saturated rings. The highest BCUT2D eigenvalue weighted by Crippen LogP contribution is 2.75. The van der Waals surface area contributed by atoms with Crippen molar-refractivity contribution in [3.8, 4) is 0 Å². The number of hydrogen-bond donors (Lipinski definition) is 1. The number of carbonyl (C=O) groups is 3. The molecule has 0 aromatic rings. The second-order valence-electron chi connectivity index (χ2n) is 15.0. The minimum atomic E-state index is -1.20. The largest absolute Gasteiger partial charge is 0.481 e. The normalized spacial score (nSPS) is 53.1. The molecule has 11 atom stereocenters. The van der Waals surface area contributed by atoms with E-state index in [0.29, 0.717) is 30.6 Å². The van der Waals surface area contributed by atoms with E-state index < -0.39 is 28.9 Å². The van der Waals surface area contributed by atoms with Gasteiger partial charge in [-0.25, -0.2) is 0 Å². The highest BCUT2D eigenvalue weighted by atomic mass is 16.5. The molecule has 5 aliphatic carbocycles. The van der Waals surface area contributed by atoms with Crippen molar-refractivity contribution in [1.82, 2.24) is 0 Å². The van der Waals surface area contributed by atoms with Crippen LogP contribution < -0.4 is 0 Å². The Morgan fingerprint density at radius 2 is 1.62 bits per heavy atom. The minimum absolute atomic E-state index is 0.0680. The third-order valence-electron chi connectivity index (χ3n) is 13.5. The van der Waals surface area contributed by atoms with E-state index in [4.69, 9.17) is 4.74 Å². The van der Waals surface area contributed by atoms with Gasteiger partial charge in [-0.15, -0.1) is 0 Å². The maximum atomic E-state index is 14.4. The highest BCUT2D eigenvalue weighted by molar-refractivity contribution is 5.96.